The van der Waals surface area contributed by atoms with Gasteiger partial charge in [-0.15, -0.1) is 0 Å². The molecule has 0 aliphatic carbocycles. The summed E-state index contributed by atoms with van der Waals surface area (Å²) in [6.45, 7) is 10.8. The number of carbonyl (C=O) groups excluding carboxylic acids is 1. The summed E-state index contributed by atoms with van der Waals surface area (Å²) < 4.78 is 11.3. The van der Waals surface area contributed by atoms with Crippen molar-refractivity contribution in [3.05, 3.63) is 23.8 Å². The Hall–Kier alpha value is -2.06. The Labute approximate surface area is 145 Å². The van der Waals surface area contributed by atoms with Crippen LogP contribution < -0.4 is 10.1 Å². The van der Waals surface area contributed by atoms with E-state index in [0.717, 1.165) is 6.42 Å². The van der Waals surface area contributed by atoms with E-state index in [9.17, 15) is 10.1 Å². The molecule has 1 unspecified atom stereocenters. The third-order valence-electron chi connectivity index (χ3n) is 3.61. The fourth-order valence-electron chi connectivity index (χ4n) is 2.38. The number of anilines is 1. The Kier molecular flexibility index (Phi) is 7.73. The summed E-state index contributed by atoms with van der Waals surface area (Å²) in [4.78, 5) is 12.6. The molecule has 132 valence electrons. The Morgan fingerprint density at radius 1 is 1.38 bits per heavy atom. The predicted molar refractivity (Wildman–Crippen MR) is 95.1 cm³/mol. The van der Waals surface area contributed by atoms with E-state index in [1.54, 1.807) is 25.1 Å². The van der Waals surface area contributed by atoms with Crippen LogP contribution in [0.15, 0.2) is 18.2 Å². The number of benzene rings is 1. The van der Waals surface area contributed by atoms with E-state index in [2.05, 4.69) is 25.2 Å². The quantitative estimate of drug-likeness (QED) is 0.738. The summed E-state index contributed by atoms with van der Waals surface area (Å²) in [6, 6.07) is 7.22. The zero-order valence-electron chi connectivity index (χ0n) is 15.3. The van der Waals surface area contributed by atoms with E-state index < -0.39 is 5.60 Å². The molecule has 1 atom stereocenters. The van der Waals surface area contributed by atoms with Crippen LogP contribution in [0.2, 0.25) is 0 Å². The third kappa shape index (κ3) is 5.54. The third-order valence-corrected chi connectivity index (χ3v) is 3.61. The lowest BCUT2D eigenvalue weighted by Crippen LogP contribution is -2.42. The number of hydrogen-bond acceptors (Lipinski definition) is 4. The Bertz CT molecular complexity index is 585. The largest absolute Gasteiger partial charge is 0.493 e. The maximum atomic E-state index is 12.6. The van der Waals surface area contributed by atoms with Crippen LogP contribution in [0.5, 0.6) is 5.75 Å². The van der Waals surface area contributed by atoms with Crippen molar-refractivity contribution >= 4 is 11.6 Å². The summed E-state index contributed by atoms with van der Waals surface area (Å²) in [5.74, 6) is 0.786. The van der Waals surface area contributed by atoms with Gasteiger partial charge in [0.15, 0.2) is 0 Å². The van der Waals surface area contributed by atoms with Gasteiger partial charge >= 0.3 is 0 Å². The smallest absolute Gasteiger partial charge is 0.256 e. The first-order valence-electron chi connectivity index (χ1n) is 8.48. The molecule has 0 spiro atoms. The van der Waals surface area contributed by atoms with Crippen molar-refractivity contribution in [2.24, 2.45) is 5.92 Å². The maximum absolute atomic E-state index is 12.6. The Morgan fingerprint density at radius 2 is 2.08 bits per heavy atom. The molecule has 24 heavy (non-hydrogen) atoms. The average molecular weight is 332 g/mol. The highest BCUT2D eigenvalue weighted by atomic mass is 16.5. The normalized spacial score (nSPS) is 13.2. The van der Waals surface area contributed by atoms with Gasteiger partial charge in [0.05, 0.1) is 17.9 Å². The van der Waals surface area contributed by atoms with Crippen molar-refractivity contribution in [2.45, 2.75) is 53.1 Å². The van der Waals surface area contributed by atoms with E-state index >= 15 is 0 Å². The fourth-order valence-corrected chi connectivity index (χ4v) is 2.38. The SMILES string of the molecule is CCCC(C)(OCC)C(=O)Nc1ccc(OCC(C)C)cc1C#N. The number of nitrogens with zero attached hydrogens (tertiary/aromatic N) is 1. The molecule has 5 nitrogen and oxygen atoms in total. The van der Waals surface area contributed by atoms with Crippen LogP contribution in [0, 0.1) is 17.2 Å². The molecule has 1 rings (SSSR count). The Morgan fingerprint density at radius 3 is 2.62 bits per heavy atom. The number of amides is 1. The fraction of sp³-hybridized carbons (Fsp3) is 0.579. The van der Waals surface area contributed by atoms with Gasteiger partial charge in [0.1, 0.15) is 17.4 Å². The van der Waals surface area contributed by atoms with E-state index in [-0.39, 0.29) is 5.91 Å². The molecule has 0 radical (unpaired) electrons. The van der Waals surface area contributed by atoms with Gasteiger partial charge in [0.25, 0.3) is 5.91 Å². The molecule has 1 aromatic rings. The molecule has 1 N–H and O–H groups in total. The van der Waals surface area contributed by atoms with Crippen LogP contribution in [-0.2, 0) is 9.53 Å². The highest BCUT2D eigenvalue weighted by Crippen LogP contribution is 2.25. The van der Waals surface area contributed by atoms with Crippen LogP contribution in [0.25, 0.3) is 0 Å². The van der Waals surface area contributed by atoms with Crippen molar-refractivity contribution in [2.75, 3.05) is 18.5 Å². The number of ether oxygens (including phenoxy) is 2. The van der Waals surface area contributed by atoms with Gasteiger partial charge in [-0.2, -0.15) is 5.26 Å². The van der Waals surface area contributed by atoms with Crippen molar-refractivity contribution < 1.29 is 14.3 Å². The molecule has 0 aliphatic rings. The van der Waals surface area contributed by atoms with Crippen molar-refractivity contribution in [1.82, 2.24) is 0 Å². The zero-order chi connectivity index (χ0) is 18.2. The zero-order valence-corrected chi connectivity index (χ0v) is 15.3. The minimum absolute atomic E-state index is 0.237. The lowest BCUT2D eigenvalue weighted by molar-refractivity contribution is -0.139. The first kappa shape index (κ1) is 20.0. The van der Waals surface area contributed by atoms with Gasteiger partial charge in [-0.1, -0.05) is 27.2 Å². The molecule has 1 amide bonds. The molecular weight excluding hydrogens is 304 g/mol. The lowest BCUT2D eigenvalue weighted by atomic mass is 9.98. The van der Waals surface area contributed by atoms with Gasteiger partial charge in [-0.05, 0) is 44.4 Å². The van der Waals surface area contributed by atoms with E-state index in [0.29, 0.717) is 42.6 Å². The summed E-state index contributed by atoms with van der Waals surface area (Å²) in [6.07, 6.45) is 1.45. The van der Waals surface area contributed by atoms with Gasteiger partial charge < -0.3 is 14.8 Å². The standard InChI is InChI=1S/C19H28N2O3/c1-6-10-19(5,24-7-2)18(22)21-17-9-8-16(11-15(17)12-20)23-13-14(3)4/h8-9,11,14H,6-7,10,13H2,1-5H3,(H,21,22). The molecule has 0 fully saturated rings. The van der Waals surface area contributed by atoms with Crippen LogP contribution >= 0.6 is 0 Å². The molecule has 0 aromatic heterocycles. The minimum Gasteiger partial charge on any atom is -0.493 e. The highest BCUT2D eigenvalue weighted by Gasteiger charge is 2.33. The number of nitrogens with one attached hydrogen (secondary N) is 1. The highest BCUT2D eigenvalue weighted by molar-refractivity contribution is 5.98. The van der Waals surface area contributed by atoms with E-state index in [1.165, 1.54) is 0 Å². The van der Waals surface area contributed by atoms with Gasteiger partial charge in [0.2, 0.25) is 0 Å². The lowest BCUT2D eigenvalue weighted by Gasteiger charge is -2.28. The second-order valence-electron chi connectivity index (χ2n) is 6.39. The summed E-state index contributed by atoms with van der Waals surface area (Å²) in [5.41, 5.74) is -0.0513. The molecule has 0 saturated heterocycles. The van der Waals surface area contributed by atoms with Crippen molar-refractivity contribution in [1.29, 1.82) is 5.26 Å². The first-order chi connectivity index (χ1) is 11.4. The van der Waals surface area contributed by atoms with Crippen molar-refractivity contribution in [3.63, 3.8) is 0 Å². The molecule has 0 aliphatic heterocycles. The van der Waals surface area contributed by atoms with Gasteiger partial charge in [-0.25, -0.2) is 0 Å². The number of hydrogen-bond donors (Lipinski definition) is 1. The molecule has 0 bridgehead atoms. The maximum Gasteiger partial charge on any atom is 0.256 e. The van der Waals surface area contributed by atoms with Gasteiger partial charge in [0, 0.05) is 6.61 Å². The number of carbonyl (C=O) groups is 1. The molecule has 5 heteroatoms. The monoisotopic (exact) mass is 332 g/mol. The Balaban J connectivity index is 2.93. The topological polar surface area (TPSA) is 71.3 Å². The van der Waals surface area contributed by atoms with Gasteiger partial charge in [-0.3, -0.25) is 4.79 Å². The number of nitriles is 1. The predicted octanol–water partition coefficient (Wildman–Crippen LogP) is 4.13. The first-order valence-corrected chi connectivity index (χ1v) is 8.48. The second kappa shape index (κ2) is 9.29. The van der Waals surface area contributed by atoms with E-state index in [4.69, 9.17) is 9.47 Å². The summed E-state index contributed by atoms with van der Waals surface area (Å²) in [5, 5.41) is 12.2. The van der Waals surface area contributed by atoms with Crippen molar-refractivity contribution in [3.8, 4) is 11.8 Å². The summed E-state index contributed by atoms with van der Waals surface area (Å²) >= 11 is 0. The van der Waals surface area contributed by atoms with E-state index in [1.807, 2.05) is 13.8 Å². The average Bonchev–Trinajstić information content (AvgIpc) is 2.54. The summed E-state index contributed by atoms with van der Waals surface area (Å²) in [7, 11) is 0. The van der Waals surface area contributed by atoms with Crippen LogP contribution in [0.3, 0.4) is 0 Å². The molecule has 0 heterocycles. The van der Waals surface area contributed by atoms with Crippen LogP contribution in [0.1, 0.15) is 53.0 Å². The molecule has 1 aromatic carbocycles. The second-order valence-corrected chi connectivity index (χ2v) is 6.39. The molecule has 0 saturated carbocycles. The number of rotatable bonds is 9. The van der Waals surface area contributed by atoms with Crippen LogP contribution in [-0.4, -0.2) is 24.7 Å². The minimum atomic E-state index is -0.900. The molecular formula is C19H28N2O3. The van der Waals surface area contributed by atoms with Crippen LogP contribution in [0.4, 0.5) is 5.69 Å².